The highest BCUT2D eigenvalue weighted by atomic mass is 16.5. The Kier molecular flexibility index (Phi) is 11.9. The number of unbranched alkanes of at least 4 members (excludes halogenated alkanes) is 1. The molecule has 0 aliphatic rings. The van der Waals surface area contributed by atoms with Crippen molar-refractivity contribution in [1.29, 1.82) is 0 Å². The van der Waals surface area contributed by atoms with Crippen LogP contribution in [0.15, 0.2) is 42.6 Å². The number of likely N-dealkylation sites (N-methyl/N-ethyl adjacent to an activating group) is 2. The van der Waals surface area contributed by atoms with E-state index in [1.165, 1.54) is 11.0 Å². The number of ether oxygens (including phenoxy) is 1. The average Bonchev–Trinajstić information content (AvgIpc) is 2.90. The Morgan fingerprint density at radius 1 is 1.19 bits per heavy atom. The standard InChI is InChI=1S/C27H37N7O3/c1-20(34(5)24(35)12-10-18-33(3)4)26(36)29-17-9-7-8-11-21-19-30-27(28-2)32-25(21)31-22-13-15-23(37-6)16-14-22/h10,12-16,19-20H,7,9,17-18H2,1-6H3,(H,29,36)(H2,28,30,31,32)/t20-/m0/s1. The van der Waals surface area contributed by atoms with Crippen LogP contribution in [0, 0.1) is 11.8 Å². The van der Waals surface area contributed by atoms with E-state index in [1.54, 1.807) is 40.4 Å². The lowest BCUT2D eigenvalue weighted by Crippen LogP contribution is -2.45. The van der Waals surface area contributed by atoms with Crippen molar-refractivity contribution in [2.24, 2.45) is 0 Å². The molecule has 0 saturated carbocycles. The molecule has 10 heteroatoms. The van der Waals surface area contributed by atoms with Gasteiger partial charge >= 0.3 is 0 Å². The minimum Gasteiger partial charge on any atom is -0.497 e. The molecule has 10 nitrogen and oxygen atoms in total. The first kappa shape index (κ1) is 29.1. The smallest absolute Gasteiger partial charge is 0.246 e. The Morgan fingerprint density at radius 2 is 1.92 bits per heavy atom. The maximum absolute atomic E-state index is 12.4. The summed E-state index contributed by atoms with van der Waals surface area (Å²) in [6, 6.07) is 6.94. The van der Waals surface area contributed by atoms with E-state index in [1.807, 2.05) is 43.3 Å². The van der Waals surface area contributed by atoms with Crippen LogP contribution >= 0.6 is 0 Å². The number of rotatable bonds is 12. The lowest BCUT2D eigenvalue weighted by atomic mass is 10.2. The van der Waals surface area contributed by atoms with Crippen LogP contribution in [0.5, 0.6) is 5.75 Å². The van der Waals surface area contributed by atoms with Gasteiger partial charge in [0.05, 0.1) is 18.9 Å². The van der Waals surface area contributed by atoms with Crippen molar-refractivity contribution in [2.45, 2.75) is 25.8 Å². The second-order valence-corrected chi connectivity index (χ2v) is 8.55. The minimum absolute atomic E-state index is 0.202. The van der Waals surface area contributed by atoms with E-state index in [0.717, 1.165) is 11.4 Å². The van der Waals surface area contributed by atoms with Crippen molar-refractivity contribution in [1.82, 2.24) is 25.1 Å². The highest BCUT2D eigenvalue weighted by Crippen LogP contribution is 2.21. The fraction of sp³-hybridized carbons (Fsp3) is 0.407. The zero-order valence-electron chi connectivity index (χ0n) is 22.5. The number of carbonyl (C=O) groups is 2. The molecule has 0 fully saturated rings. The topological polar surface area (TPSA) is 112 Å². The normalized spacial score (nSPS) is 11.4. The van der Waals surface area contributed by atoms with E-state index >= 15 is 0 Å². The molecule has 1 aromatic carbocycles. The van der Waals surface area contributed by atoms with Gasteiger partial charge in [0, 0.05) is 45.4 Å². The van der Waals surface area contributed by atoms with Crippen LogP contribution in [0.1, 0.15) is 25.3 Å². The van der Waals surface area contributed by atoms with Gasteiger partial charge in [-0.25, -0.2) is 4.98 Å². The summed E-state index contributed by atoms with van der Waals surface area (Å²) in [5, 5.41) is 9.07. The van der Waals surface area contributed by atoms with Crippen LogP contribution in [0.4, 0.5) is 17.5 Å². The maximum atomic E-state index is 12.4. The Hall–Kier alpha value is -4.10. The van der Waals surface area contributed by atoms with Gasteiger partial charge in [-0.3, -0.25) is 9.59 Å². The molecular weight excluding hydrogens is 470 g/mol. The van der Waals surface area contributed by atoms with Gasteiger partial charge in [-0.2, -0.15) is 4.98 Å². The monoisotopic (exact) mass is 507 g/mol. The van der Waals surface area contributed by atoms with Gasteiger partial charge in [0.25, 0.3) is 0 Å². The van der Waals surface area contributed by atoms with E-state index in [0.29, 0.717) is 43.3 Å². The predicted octanol–water partition coefficient (Wildman–Crippen LogP) is 2.48. The predicted molar refractivity (Wildman–Crippen MR) is 147 cm³/mol. The summed E-state index contributed by atoms with van der Waals surface area (Å²) in [6.07, 6.45) is 6.18. The third-order valence-electron chi connectivity index (χ3n) is 5.40. The molecular formula is C27H37N7O3. The van der Waals surface area contributed by atoms with Gasteiger partial charge in [0.15, 0.2) is 5.82 Å². The second-order valence-electron chi connectivity index (χ2n) is 8.55. The summed E-state index contributed by atoms with van der Waals surface area (Å²) in [4.78, 5) is 36.8. The lowest BCUT2D eigenvalue weighted by Gasteiger charge is -2.23. The van der Waals surface area contributed by atoms with Crippen molar-refractivity contribution in [3.63, 3.8) is 0 Å². The fourth-order valence-corrected chi connectivity index (χ4v) is 3.04. The highest BCUT2D eigenvalue weighted by Gasteiger charge is 2.20. The van der Waals surface area contributed by atoms with Crippen LogP contribution in [0.2, 0.25) is 0 Å². The highest BCUT2D eigenvalue weighted by molar-refractivity contribution is 5.92. The number of anilines is 3. The fourth-order valence-electron chi connectivity index (χ4n) is 3.04. The number of aromatic nitrogens is 2. The van der Waals surface area contributed by atoms with Crippen LogP contribution in [-0.2, 0) is 9.59 Å². The van der Waals surface area contributed by atoms with Crippen LogP contribution in [-0.4, -0.2) is 86.0 Å². The number of hydrogen-bond donors (Lipinski definition) is 3. The van der Waals surface area contributed by atoms with Gasteiger partial charge in [0.2, 0.25) is 17.8 Å². The van der Waals surface area contributed by atoms with Crippen molar-refractivity contribution in [2.75, 3.05) is 59.0 Å². The molecule has 0 unspecified atom stereocenters. The van der Waals surface area contributed by atoms with Crippen molar-refractivity contribution in [3.05, 3.63) is 48.2 Å². The van der Waals surface area contributed by atoms with E-state index < -0.39 is 6.04 Å². The van der Waals surface area contributed by atoms with Crippen molar-refractivity contribution in [3.8, 4) is 17.6 Å². The van der Waals surface area contributed by atoms with Gasteiger partial charge in [-0.15, -0.1) is 0 Å². The molecule has 1 aromatic heterocycles. The number of carbonyl (C=O) groups excluding carboxylic acids is 2. The van der Waals surface area contributed by atoms with Crippen molar-refractivity contribution < 1.29 is 14.3 Å². The zero-order chi connectivity index (χ0) is 27.2. The Bertz CT molecular complexity index is 1120. The number of methoxy groups -OCH3 is 1. The van der Waals surface area contributed by atoms with E-state index in [4.69, 9.17) is 4.74 Å². The first-order valence-corrected chi connectivity index (χ1v) is 12.1. The third-order valence-corrected chi connectivity index (χ3v) is 5.40. The number of hydrogen-bond acceptors (Lipinski definition) is 8. The second kappa shape index (κ2) is 15.1. The summed E-state index contributed by atoms with van der Waals surface area (Å²) >= 11 is 0. The minimum atomic E-state index is -0.572. The van der Waals surface area contributed by atoms with Crippen LogP contribution in [0.3, 0.4) is 0 Å². The summed E-state index contributed by atoms with van der Waals surface area (Å²) in [5.41, 5.74) is 1.51. The summed E-state index contributed by atoms with van der Waals surface area (Å²) in [6.45, 7) is 2.83. The summed E-state index contributed by atoms with van der Waals surface area (Å²) < 4.78 is 5.20. The molecule has 2 aromatic rings. The molecule has 1 atom stereocenters. The van der Waals surface area contributed by atoms with E-state index in [9.17, 15) is 9.59 Å². The maximum Gasteiger partial charge on any atom is 0.246 e. The average molecular weight is 508 g/mol. The van der Waals surface area contributed by atoms with Crippen LogP contribution in [0.25, 0.3) is 0 Å². The van der Waals surface area contributed by atoms with E-state index in [2.05, 4.69) is 37.8 Å². The first-order chi connectivity index (χ1) is 17.7. The summed E-state index contributed by atoms with van der Waals surface area (Å²) in [7, 11) is 8.84. The van der Waals surface area contributed by atoms with Gasteiger partial charge in [-0.05, 0) is 51.7 Å². The van der Waals surface area contributed by atoms with Crippen molar-refractivity contribution >= 4 is 29.3 Å². The van der Waals surface area contributed by atoms with Gasteiger partial charge in [0.1, 0.15) is 11.8 Å². The lowest BCUT2D eigenvalue weighted by molar-refractivity contribution is -0.135. The van der Waals surface area contributed by atoms with Crippen LogP contribution < -0.4 is 20.7 Å². The molecule has 3 N–H and O–H groups in total. The molecule has 0 radical (unpaired) electrons. The summed E-state index contributed by atoms with van der Waals surface area (Å²) in [5.74, 6) is 7.66. The number of nitrogens with one attached hydrogen (secondary N) is 3. The number of amides is 2. The number of benzene rings is 1. The molecule has 1 heterocycles. The Morgan fingerprint density at radius 3 is 2.57 bits per heavy atom. The molecule has 37 heavy (non-hydrogen) atoms. The van der Waals surface area contributed by atoms with Gasteiger partial charge in [-0.1, -0.05) is 17.9 Å². The molecule has 0 bridgehead atoms. The molecule has 198 valence electrons. The largest absolute Gasteiger partial charge is 0.497 e. The molecule has 2 amide bonds. The molecule has 0 saturated heterocycles. The molecule has 2 rings (SSSR count). The third kappa shape index (κ3) is 9.82. The quantitative estimate of drug-likeness (QED) is 0.228. The Balaban J connectivity index is 1.88. The molecule has 0 spiro atoms. The zero-order valence-corrected chi connectivity index (χ0v) is 22.5. The first-order valence-electron chi connectivity index (χ1n) is 12.1. The Labute approximate surface area is 219 Å². The molecule has 0 aliphatic heterocycles. The SMILES string of the molecule is CNc1ncc(C#CCCCNC(=O)[C@H](C)N(C)C(=O)C=CCN(C)C)c(Nc2ccc(OC)cc2)n1. The van der Waals surface area contributed by atoms with Gasteiger partial charge < -0.3 is 30.5 Å². The number of nitrogens with zero attached hydrogens (tertiary/aromatic N) is 4. The van der Waals surface area contributed by atoms with E-state index in [-0.39, 0.29) is 11.8 Å². The molecule has 0 aliphatic carbocycles.